The van der Waals surface area contributed by atoms with E-state index in [1.165, 1.54) is 6.07 Å². The summed E-state index contributed by atoms with van der Waals surface area (Å²) in [6.07, 6.45) is 2.83. The number of nitrogens with one attached hydrogen (secondary N) is 1. The zero-order valence-corrected chi connectivity index (χ0v) is 12.2. The summed E-state index contributed by atoms with van der Waals surface area (Å²) in [4.78, 5) is 15.8. The van der Waals surface area contributed by atoms with Crippen molar-refractivity contribution in [3.63, 3.8) is 0 Å². The quantitative estimate of drug-likeness (QED) is 0.788. The molecule has 0 spiro atoms. The molecule has 1 aliphatic carbocycles. The van der Waals surface area contributed by atoms with E-state index in [0.29, 0.717) is 5.82 Å². The highest BCUT2D eigenvalue weighted by molar-refractivity contribution is 5.88. The van der Waals surface area contributed by atoms with Gasteiger partial charge in [-0.1, -0.05) is 20.8 Å². The van der Waals surface area contributed by atoms with Gasteiger partial charge < -0.3 is 15.5 Å². The minimum Gasteiger partial charge on any atom is -0.478 e. The number of hydrogen-bond acceptors (Lipinski definition) is 4. The summed E-state index contributed by atoms with van der Waals surface area (Å²) in [5.74, 6) is -0.434. The van der Waals surface area contributed by atoms with Gasteiger partial charge in [0.1, 0.15) is 5.82 Å². The van der Waals surface area contributed by atoms with Crippen LogP contribution in [0.5, 0.6) is 0 Å². The first-order valence-electron chi connectivity index (χ1n) is 6.91. The van der Waals surface area contributed by atoms with Gasteiger partial charge in [0.05, 0.1) is 17.7 Å². The lowest BCUT2D eigenvalue weighted by atomic mass is 9.77. The summed E-state index contributed by atoms with van der Waals surface area (Å²) >= 11 is 0. The van der Waals surface area contributed by atoms with Gasteiger partial charge in [-0.3, -0.25) is 0 Å². The standard InChI is InChI=1S/C15H22N2O3/c1-14(2,3)11-7-10(13(19)20)8-12(16-11)17-15(9-18)5-4-6-15/h7-8,18H,4-6,9H2,1-3H3,(H,16,17)(H,19,20). The molecule has 5 heteroatoms. The van der Waals surface area contributed by atoms with E-state index in [9.17, 15) is 15.0 Å². The van der Waals surface area contributed by atoms with Crippen molar-refractivity contribution in [2.24, 2.45) is 0 Å². The molecule has 110 valence electrons. The number of carboxylic acid groups (broad SMARTS) is 1. The van der Waals surface area contributed by atoms with E-state index < -0.39 is 5.97 Å². The van der Waals surface area contributed by atoms with Gasteiger partial charge in [-0.05, 0) is 31.4 Å². The Morgan fingerprint density at radius 3 is 2.45 bits per heavy atom. The maximum atomic E-state index is 11.2. The van der Waals surface area contributed by atoms with Crippen molar-refractivity contribution < 1.29 is 15.0 Å². The van der Waals surface area contributed by atoms with Crippen molar-refractivity contribution >= 4 is 11.8 Å². The summed E-state index contributed by atoms with van der Waals surface area (Å²) in [5, 5.41) is 21.9. The molecule has 0 bridgehead atoms. The number of carbonyl (C=O) groups is 1. The van der Waals surface area contributed by atoms with Crippen LogP contribution in [0.4, 0.5) is 5.82 Å². The van der Waals surface area contributed by atoms with Crippen LogP contribution in [0.15, 0.2) is 12.1 Å². The van der Waals surface area contributed by atoms with Crippen LogP contribution in [0.25, 0.3) is 0 Å². The lowest BCUT2D eigenvalue weighted by Crippen LogP contribution is -2.48. The first-order valence-corrected chi connectivity index (χ1v) is 6.91. The van der Waals surface area contributed by atoms with Crippen molar-refractivity contribution in [1.29, 1.82) is 0 Å². The molecule has 0 atom stereocenters. The van der Waals surface area contributed by atoms with Gasteiger partial charge in [-0.15, -0.1) is 0 Å². The Hall–Kier alpha value is -1.62. The van der Waals surface area contributed by atoms with E-state index in [1.807, 2.05) is 20.8 Å². The van der Waals surface area contributed by atoms with Gasteiger partial charge in [-0.2, -0.15) is 0 Å². The highest BCUT2D eigenvalue weighted by atomic mass is 16.4. The number of aliphatic hydroxyl groups is 1. The average molecular weight is 278 g/mol. The summed E-state index contributed by atoms with van der Waals surface area (Å²) in [7, 11) is 0. The van der Waals surface area contributed by atoms with E-state index in [2.05, 4.69) is 10.3 Å². The van der Waals surface area contributed by atoms with Crippen LogP contribution in [0, 0.1) is 0 Å². The van der Waals surface area contributed by atoms with Gasteiger partial charge in [0.15, 0.2) is 0 Å². The van der Waals surface area contributed by atoms with Crippen molar-refractivity contribution in [3.05, 3.63) is 23.4 Å². The number of aromatic nitrogens is 1. The maximum Gasteiger partial charge on any atom is 0.335 e. The molecular formula is C15H22N2O3. The Labute approximate surface area is 119 Å². The molecule has 0 aromatic carbocycles. The Morgan fingerprint density at radius 2 is 2.05 bits per heavy atom. The Morgan fingerprint density at radius 1 is 1.40 bits per heavy atom. The van der Waals surface area contributed by atoms with E-state index in [1.54, 1.807) is 6.07 Å². The summed E-state index contributed by atoms with van der Waals surface area (Å²) < 4.78 is 0. The van der Waals surface area contributed by atoms with Gasteiger partial charge in [0, 0.05) is 11.1 Å². The molecule has 3 N–H and O–H groups in total. The van der Waals surface area contributed by atoms with Crippen LogP contribution in [-0.2, 0) is 5.41 Å². The summed E-state index contributed by atoms with van der Waals surface area (Å²) in [6.45, 7) is 6.03. The predicted octanol–water partition coefficient (Wildman–Crippen LogP) is 2.40. The Balaban J connectivity index is 2.37. The lowest BCUT2D eigenvalue weighted by Gasteiger charge is -2.41. The van der Waals surface area contributed by atoms with Crippen LogP contribution in [0.3, 0.4) is 0 Å². The second kappa shape index (κ2) is 5.05. The minimum absolute atomic E-state index is 0.0385. The minimum atomic E-state index is -0.965. The molecule has 1 aromatic heterocycles. The lowest BCUT2D eigenvalue weighted by molar-refractivity contribution is 0.0696. The molecule has 0 unspecified atom stereocenters. The number of hydrogen-bond donors (Lipinski definition) is 3. The molecule has 0 aliphatic heterocycles. The molecular weight excluding hydrogens is 256 g/mol. The highest BCUT2D eigenvalue weighted by Crippen LogP contribution is 2.35. The molecule has 2 rings (SSSR count). The van der Waals surface area contributed by atoms with E-state index in [4.69, 9.17) is 0 Å². The smallest absolute Gasteiger partial charge is 0.335 e. The molecule has 0 saturated heterocycles. The van der Waals surface area contributed by atoms with Gasteiger partial charge in [0.2, 0.25) is 0 Å². The second-order valence-corrected chi connectivity index (χ2v) is 6.60. The first-order chi connectivity index (χ1) is 9.26. The van der Waals surface area contributed by atoms with Crippen LogP contribution < -0.4 is 5.32 Å². The molecule has 1 fully saturated rings. The second-order valence-electron chi connectivity index (χ2n) is 6.60. The third-order valence-electron chi connectivity index (χ3n) is 3.85. The Bertz CT molecular complexity index is 511. The number of carboxylic acids is 1. The van der Waals surface area contributed by atoms with Crippen LogP contribution >= 0.6 is 0 Å². The third kappa shape index (κ3) is 2.93. The fourth-order valence-electron chi connectivity index (χ4n) is 2.30. The number of aromatic carboxylic acids is 1. The fraction of sp³-hybridized carbons (Fsp3) is 0.600. The van der Waals surface area contributed by atoms with Gasteiger partial charge in [-0.25, -0.2) is 9.78 Å². The largest absolute Gasteiger partial charge is 0.478 e. The predicted molar refractivity (Wildman–Crippen MR) is 77.2 cm³/mol. The van der Waals surface area contributed by atoms with Gasteiger partial charge >= 0.3 is 5.97 Å². The molecule has 0 amide bonds. The SMILES string of the molecule is CC(C)(C)c1cc(C(=O)O)cc(NC2(CO)CCC2)n1. The normalized spacial score (nSPS) is 17.4. The number of rotatable bonds is 4. The van der Waals surface area contributed by atoms with Crippen LogP contribution in [0.2, 0.25) is 0 Å². The maximum absolute atomic E-state index is 11.2. The summed E-state index contributed by atoms with van der Waals surface area (Å²) in [5.41, 5.74) is 0.389. The fourth-order valence-corrected chi connectivity index (χ4v) is 2.30. The van der Waals surface area contributed by atoms with Crippen molar-refractivity contribution in [3.8, 4) is 0 Å². The average Bonchev–Trinajstić information content (AvgIpc) is 2.32. The van der Waals surface area contributed by atoms with Crippen molar-refractivity contribution in [2.45, 2.75) is 51.0 Å². The molecule has 1 aromatic rings. The number of anilines is 1. The third-order valence-corrected chi connectivity index (χ3v) is 3.85. The van der Waals surface area contributed by atoms with Crippen molar-refractivity contribution in [2.75, 3.05) is 11.9 Å². The molecule has 20 heavy (non-hydrogen) atoms. The topological polar surface area (TPSA) is 82.5 Å². The van der Waals surface area contributed by atoms with Crippen LogP contribution in [0.1, 0.15) is 56.1 Å². The van der Waals surface area contributed by atoms with E-state index in [-0.39, 0.29) is 23.1 Å². The van der Waals surface area contributed by atoms with Crippen molar-refractivity contribution in [1.82, 2.24) is 4.98 Å². The first kappa shape index (κ1) is 14.8. The molecule has 1 heterocycles. The number of aliphatic hydroxyl groups excluding tert-OH is 1. The Kier molecular flexibility index (Phi) is 3.73. The number of pyridine rings is 1. The molecule has 1 saturated carbocycles. The number of nitrogens with zero attached hydrogens (tertiary/aromatic N) is 1. The molecule has 0 radical (unpaired) electrons. The highest BCUT2D eigenvalue weighted by Gasteiger charge is 2.36. The molecule has 1 aliphatic rings. The van der Waals surface area contributed by atoms with Crippen LogP contribution in [-0.4, -0.2) is 33.3 Å². The molecule has 5 nitrogen and oxygen atoms in total. The van der Waals surface area contributed by atoms with E-state index >= 15 is 0 Å². The zero-order valence-electron chi connectivity index (χ0n) is 12.2. The van der Waals surface area contributed by atoms with Gasteiger partial charge in [0.25, 0.3) is 0 Å². The van der Waals surface area contributed by atoms with E-state index in [0.717, 1.165) is 25.0 Å². The monoisotopic (exact) mass is 278 g/mol. The zero-order chi connectivity index (χ0) is 15.0. The summed E-state index contributed by atoms with van der Waals surface area (Å²) in [6, 6.07) is 3.15.